The van der Waals surface area contributed by atoms with Gasteiger partial charge in [0.25, 0.3) is 5.91 Å². The van der Waals surface area contributed by atoms with E-state index in [1.165, 1.54) is 24.3 Å². The molecule has 0 N–H and O–H groups in total. The first kappa shape index (κ1) is 18.2. The third-order valence-corrected chi connectivity index (χ3v) is 5.26. The van der Waals surface area contributed by atoms with E-state index in [-0.39, 0.29) is 11.7 Å². The molecule has 5 rings (SSSR count). The summed E-state index contributed by atoms with van der Waals surface area (Å²) in [6.07, 6.45) is 0. The summed E-state index contributed by atoms with van der Waals surface area (Å²) in [5.74, 6) is 1.08. The maximum Gasteiger partial charge on any atom is 0.253 e. The van der Waals surface area contributed by atoms with Crippen molar-refractivity contribution in [2.75, 3.05) is 31.1 Å². The molecule has 1 saturated heterocycles. The van der Waals surface area contributed by atoms with Crippen LogP contribution in [0, 0.1) is 5.82 Å². The van der Waals surface area contributed by atoms with E-state index < -0.39 is 0 Å². The predicted molar refractivity (Wildman–Crippen MR) is 111 cm³/mol. The first-order chi connectivity index (χ1) is 14.7. The maximum atomic E-state index is 13.1. The van der Waals surface area contributed by atoms with Crippen LogP contribution in [-0.4, -0.2) is 56.8 Å². The van der Waals surface area contributed by atoms with Gasteiger partial charge in [0.1, 0.15) is 11.6 Å². The lowest BCUT2D eigenvalue weighted by Crippen LogP contribution is -2.49. The van der Waals surface area contributed by atoms with Crippen LogP contribution < -0.4 is 4.90 Å². The predicted octanol–water partition coefficient (Wildman–Crippen LogP) is 2.89. The number of rotatable bonds is 3. The zero-order chi connectivity index (χ0) is 20.5. The molecular weight excluding hydrogens is 383 g/mol. The number of amides is 1. The third kappa shape index (κ3) is 3.36. The summed E-state index contributed by atoms with van der Waals surface area (Å²) in [4.78, 5) is 16.6. The summed E-state index contributed by atoms with van der Waals surface area (Å²) in [6.45, 7) is 2.47. The van der Waals surface area contributed by atoms with Crippen molar-refractivity contribution >= 4 is 17.4 Å². The van der Waals surface area contributed by atoms with Crippen molar-refractivity contribution in [3.05, 3.63) is 78.1 Å². The number of carbonyl (C=O) groups excluding carboxylic acids is 1. The molecule has 2 aromatic carbocycles. The Labute approximate surface area is 172 Å². The molecule has 1 aliphatic heterocycles. The number of hydrogen-bond acceptors (Lipinski definition) is 5. The molecule has 0 unspecified atom stereocenters. The molecular formula is C22H19FN6O. The van der Waals surface area contributed by atoms with E-state index in [4.69, 9.17) is 5.10 Å². The lowest BCUT2D eigenvalue weighted by Gasteiger charge is -2.35. The monoisotopic (exact) mass is 402 g/mol. The van der Waals surface area contributed by atoms with Gasteiger partial charge in [0.05, 0.1) is 0 Å². The van der Waals surface area contributed by atoms with E-state index in [9.17, 15) is 9.18 Å². The highest BCUT2D eigenvalue weighted by atomic mass is 19.1. The molecule has 7 nitrogen and oxygen atoms in total. The Morgan fingerprint density at radius 1 is 0.833 bits per heavy atom. The molecule has 1 fully saturated rings. The SMILES string of the molecule is O=C(c1ccc(F)cc1)N1CCN(c2ccc3nnc(-c4ccccc4)n3n2)CC1. The molecule has 0 aliphatic carbocycles. The molecule has 4 aromatic rings. The van der Waals surface area contributed by atoms with Crippen LogP contribution >= 0.6 is 0 Å². The number of fused-ring (bicyclic) bond motifs is 1. The minimum absolute atomic E-state index is 0.0803. The topological polar surface area (TPSA) is 66.6 Å². The van der Waals surface area contributed by atoms with E-state index in [0.717, 1.165) is 11.4 Å². The van der Waals surface area contributed by atoms with Crippen molar-refractivity contribution in [3.63, 3.8) is 0 Å². The Morgan fingerprint density at radius 3 is 2.30 bits per heavy atom. The van der Waals surface area contributed by atoms with E-state index in [0.29, 0.717) is 43.2 Å². The number of hydrogen-bond donors (Lipinski definition) is 0. The molecule has 0 saturated carbocycles. The van der Waals surface area contributed by atoms with Gasteiger partial charge in [-0.1, -0.05) is 30.3 Å². The van der Waals surface area contributed by atoms with Crippen LogP contribution in [0.4, 0.5) is 10.2 Å². The molecule has 150 valence electrons. The van der Waals surface area contributed by atoms with Gasteiger partial charge in [-0.25, -0.2) is 4.39 Å². The van der Waals surface area contributed by atoms with Crippen LogP contribution in [-0.2, 0) is 0 Å². The summed E-state index contributed by atoms with van der Waals surface area (Å²) in [7, 11) is 0. The first-order valence-electron chi connectivity index (χ1n) is 9.77. The fourth-order valence-electron chi connectivity index (χ4n) is 3.63. The van der Waals surface area contributed by atoms with Crippen LogP contribution in [0.25, 0.3) is 17.0 Å². The van der Waals surface area contributed by atoms with Crippen molar-refractivity contribution in [1.82, 2.24) is 24.7 Å². The minimum atomic E-state index is -0.346. The average Bonchev–Trinajstić information content (AvgIpc) is 3.23. The van der Waals surface area contributed by atoms with Crippen molar-refractivity contribution in [3.8, 4) is 11.4 Å². The van der Waals surface area contributed by atoms with Crippen LogP contribution in [0.3, 0.4) is 0 Å². The molecule has 30 heavy (non-hydrogen) atoms. The quantitative estimate of drug-likeness (QED) is 0.527. The van der Waals surface area contributed by atoms with Gasteiger partial charge in [0.15, 0.2) is 11.5 Å². The van der Waals surface area contributed by atoms with Gasteiger partial charge in [-0.05, 0) is 36.4 Å². The number of anilines is 1. The molecule has 2 aromatic heterocycles. The zero-order valence-corrected chi connectivity index (χ0v) is 16.1. The number of halogens is 1. The zero-order valence-electron chi connectivity index (χ0n) is 16.1. The highest BCUT2D eigenvalue weighted by molar-refractivity contribution is 5.94. The lowest BCUT2D eigenvalue weighted by atomic mass is 10.2. The summed E-state index contributed by atoms with van der Waals surface area (Å²) in [5, 5.41) is 13.2. The minimum Gasteiger partial charge on any atom is -0.352 e. The largest absolute Gasteiger partial charge is 0.352 e. The molecule has 0 spiro atoms. The highest BCUT2D eigenvalue weighted by Gasteiger charge is 2.23. The maximum absolute atomic E-state index is 13.1. The van der Waals surface area contributed by atoms with E-state index in [1.807, 2.05) is 42.5 Å². The second-order valence-electron chi connectivity index (χ2n) is 7.14. The van der Waals surface area contributed by atoms with Crippen molar-refractivity contribution in [2.45, 2.75) is 0 Å². The molecule has 3 heterocycles. The Kier molecular flexibility index (Phi) is 4.59. The van der Waals surface area contributed by atoms with Crippen molar-refractivity contribution in [2.24, 2.45) is 0 Å². The lowest BCUT2D eigenvalue weighted by molar-refractivity contribution is 0.0746. The number of aromatic nitrogens is 4. The second kappa shape index (κ2) is 7.55. The van der Waals surface area contributed by atoms with Gasteiger partial charge < -0.3 is 9.80 Å². The smallest absolute Gasteiger partial charge is 0.253 e. The molecule has 8 heteroatoms. The molecule has 0 radical (unpaired) electrons. The number of benzene rings is 2. The van der Waals surface area contributed by atoms with Gasteiger partial charge in [-0.15, -0.1) is 15.3 Å². The van der Waals surface area contributed by atoms with Crippen molar-refractivity contribution < 1.29 is 9.18 Å². The van der Waals surface area contributed by atoms with Crippen LogP contribution in [0.2, 0.25) is 0 Å². The van der Waals surface area contributed by atoms with E-state index in [2.05, 4.69) is 15.1 Å². The van der Waals surface area contributed by atoms with Gasteiger partial charge >= 0.3 is 0 Å². The standard InChI is InChI=1S/C22H19FN6O/c23-18-8-6-17(7-9-18)22(30)28-14-12-27(13-15-28)20-11-10-19-24-25-21(29(19)26-20)16-4-2-1-3-5-16/h1-11H,12-15H2. The van der Waals surface area contributed by atoms with Crippen LogP contribution in [0.15, 0.2) is 66.7 Å². The summed E-state index contributed by atoms with van der Waals surface area (Å²) in [5.41, 5.74) is 2.13. The molecule has 1 amide bonds. The van der Waals surface area contributed by atoms with Crippen molar-refractivity contribution in [1.29, 1.82) is 0 Å². The fraction of sp³-hybridized carbons (Fsp3) is 0.182. The molecule has 1 aliphatic rings. The van der Waals surface area contributed by atoms with Gasteiger partial charge in [-0.3, -0.25) is 4.79 Å². The molecule has 0 atom stereocenters. The highest BCUT2D eigenvalue weighted by Crippen LogP contribution is 2.20. The van der Waals surface area contributed by atoms with Gasteiger partial charge in [0.2, 0.25) is 0 Å². The second-order valence-corrected chi connectivity index (χ2v) is 7.14. The summed E-state index contributed by atoms with van der Waals surface area (Å²) in [6, 6.07) is 19.3. The van der Waals surface area contributed by atoms with Crippen LogP contribution in [0.5, 0.6) is 0 Å². The summed E-state index contributed by atoms with van der Waals surface area (Å²) >= 11 is 0. The summed E-state index contributed by atoms with van der Waals surface area (Å²) < 4.78 is 14.9. The number of carbonyl (C=O) groups is 1. The third-order valence-electron chi connectivity index (χ3n) is 5.26. The van der Waals surface area contributed by atoms with Crippen LogP contribution in [0.1, 0.15) is 10.4 Å². The molecule has 0 bridgehead atoms. The number of piperazine rings is 1. The van der Waals surface area contributed by atoms with Gasteiger partial charge in [0, 0.05) is 37.3 Å². The average molecular weight is 402 g/mol. The normalized spacial score (nSPS) is 14.3. The Bertz CT molecular complexity index is 1180. The van der Waals surface area contributed by atoms with E-state index >= 15 is 0 Å². The Balaban J connectivity index is 1.33. The fourth-order valence-corrected chi connectivity index (χ4v) is 3.63. The Hall–Kier alpha value is -3.81. The first-order valence-corrected chi connectivity index (χ1v) is 9.77. The number of nitrogens with zero attached hydrogens (tertiary/aromatic N) is 6. The Morgan fingerprint density at radius 2 is 1.57 bits per heavy atom. The van der Waals surface area contributed by atoms with Gasteiger partial charge in [-0.2, -0.15) is 4.52 Å². The van der Waals surface area contributed by atoms with E-state index in [1.54, 1.807) is 9.42 Å².